The number of hydrogen-bond donors (Lipinski definition) is 2. The highest BCUT2D eigenvalue weighted by molar-refractivity contribution is 7.99. The van der Waals surface area contributed by atoms with Gasteiger partial charge in [0.2, 0.25) is 5.91 Å². The number of carbonyl (C=O) groups excluding carboxylic acids is 2. The summed E-state index contributed by atoms with van der Waals surface area (Å²) in [6, 6.07) is 18.6. The van der Waals surface area contributed by atoms with Gasteiger partial charge in [-0.2, -0.15) is 0 Å². The fraction of sp³-hybridized carbons (Fsp3) is 0.241. The second-order valence-electron chi connectivity index (χ2n) is 8.94. The summed E-state index contributed by atoms with van der Waals surface area (Å²) in [5.41, 5.74) is 5.24. The molecule has 39 heavy (non-hydrogen) atoms. The number of aryl methyl sites for hydroxylation is 2. The van der Waals surface area contributed by atoms with Crippen molar-refractivity contribution in [2.45, 2.75) is 32.5 Å². The fourth-order valence-corrected chi connectivity index (χ4v) is 4.74. The van der Waals surface area contributed by atoms with Gasteiger partial charge in [0, 0.05) is 17.3 Å². The molecule has 0 unspecified atom stereocenters. The average molecular weight is 546 g/mol. The molecular weight excluding hydrogens is 514 g/mol. The summed E-state index contributed by atoms with van der Waals surface area (Å²) in [7, 11) is 3.06. The molecule has 0 fully saturated rings. The number of methoxy groups -OCH3 is 2. The molecule has 0 bridgehead atoms. The van der Waals surface area contributed by atoms with E-state index in [4.69, 9.17) is 9.47 Å². The molecule has 4 aromatic rings. The number of nitrogens with zero attached hydrogens (tertiary/aromatic N) is 3. The third-order valence-electron chi connectivity index (χ3n) is 6.17. The van der Waals surface area contributed by atoms with Crippen molar-refractivity contribution in [3.63, 3.8) is 0 Å². The Bertz CT molecular complexity index is 1480. The van der Waals surface area contributed by atoms with E-state index >= 15 is 0 Å². The molecule has 0 saturated carbocycles. The first-order valence-corrected chi connectivity index (χ1v) is 13.3. The van der Waals surface area contributed by atoms with Crippen LogP contribution in [0.5, 0.6) is 11.5 Å². The van der Waals surface area contributed by atoms with Gasteiger partial charge in [0.15, 0.2) is 11.0 Å². The monoisotopic (exact) mass is 545 g/mol. The standard InChI is InChI=1S/C29H31N5O4S/c1-18-8-6-10-22(12-18)31-27(35)17-39-29-33-32-26(34(29)25-11-7-9-19(2)20(25)3)16-30-28(36)21-13-23(37-4)15-24(14-21)38-5/h6-15H,16-17H2,1-5H3,(H,30,36)(H,31,35). The average Bonchev–Trinajstić information content (AvgIpc) is 3.34. The van der Waals surface area contributed by atoms with E-state index in [2.05, 4.69) is 20.8 Å². The van der Waals surface area contributed by atoms with Crippen LogP contribution in [0.2, 0.25) is 0 Å². The number of hydrogen-bond acceptors (Lipinski definition) is 7. The molecule has 0 aliphatic heterocycles. The second-order valence-corrected chi connectivity index (χ2v) is 9.89. The van der Waals surface area contributed by atoms with E-state index in [0.29, 0.717) is 28.0 Å². The number of ether oxygens (including phenoxy) is 2. The molecule has 202 valence electrons. The zero-order valence-electron chi connectivity index (χ0n) is 22.6. The smallest absolute Gasteiger partial charge is 0.251 e. The summed E-state index contributed by atoms with van der Waals surface area (Å²) in [6.45, 7) is 6.15. The molecule has 0 aliphatic carbocycles. The van der Waals surface area contributed by atoms with E-state index in [1.54, 1.807) is 18.2 Å². The van der Waals surface area contributed by atoms with Crippen LogP contribution in [0.4, 0.5) is 5.69 Å². The molecule has 1 aromatic heterocycles. The molecule has 2 N–H and O–H groups in total. The van der Waals surface area contributed by atoms with Crippen LogP contribution in [-0.2, 0) is 11.3 Å². The lowest BCUT2D eigenvalue weighted by Crippen LogP contribution is -2.25. The molecule has 0 aliphatic rings. The third-order valence-corrected chi connectivity index (χ3v) is 7.10. The first-order valence-electron chi connectivity index (χ1n) is 12.3. The van der Waals surface area contributed by atoms with Crippen molar-refractivity contribution < 1.29 is 19.1 Å². The topological polar surface area (TPSA) is 107 Å². The van der Waals surface area contributed by atoms with Crippen LogP contribution < -0.4 is 20.1 Å². The minimum absolute atomic E-state index is 0.120. The molecule has 0 radical (unpaired) electrons. The molecule has 3 aromatic carbocycles. The van der Waals surface area contributed by atoms with Crippen molar-refractivity contribution in [2.24, 2.45) is 0 Å². The number of carbonyl (C=O) groups is 2. The van der Waals surface area contributed by atoms with Gasteiger partial charge < -0.3 is 20.1 Å². The molecule has 9 nitrogen and oxygen atoms in total. The van der Waals surface area contributed by atoms with Crippen LogP contribution in [0.1, 0.15) is 32.9 Å². The molecule has 2 amide bonds. The molecule has 0 saturated heterocycles. The van der Waals surface area contributed by atoms with Crippen LogP contribution in [0.25, 0.3) is 5.69 Å². The molecule has 0 atom stereocenters. The van der Waals surface area contributed by atoms with Crippen molar-refractivity contribution in [1.82, 2.24) is 20.1 Å². The van der Waals surface area contributed by atoms with Gasteiger partial charge >= 0.3 is 0 Å². The second kappa shape index (κ2) is 12.5. The molecular formula is C29H31N5O4S. The maximum Gasteiger partial charge on any atom is 0.251 e. The van der Waals surface area contributed by atoms with E-state index in [1.807, 2.05) is 67.8 Å². The maximum absolute atomic E-state index is 13.0. The highest BCUT2D eigenvalue weighted by atomic mass is 32.2. The number of anilines is 1. The zero-order chi connectivity index (χ0) is 27.9. The van der Waals surface area contributed by atoms with E-state index in [-0.39, 0.29) is 24.1 Å². The van der Waals surface area contributed by atoms with Crippen molar-refractivity contribution in [1.29, 1.82) is 0 Å². The predicted molar refractivity (Wildman–Crippen MR) is 152 cm³/mol. The Labute approximate surface area is 231 Å². The van der Waals surface area contributed by atoms with Gasteiger partial charge in [-0.25, -0.2) is 0 Å². The summed E-state index contributed by atoms with van der Waals surface area (Å²) in [5.74, 6) is 1.25. The van der Waals surface area contributed by atoms with Crippen molar-refractivity contribution in [3.8, 4) is 17.2 Å². The zero-order valence-corrected chi connectivity index (χ0v) is 23.4. The van der Waals surface area contributed by atoms with Gasteiger partial charge in [0.05, 0.1) is 32.2 Å². The lowest BCUT2D eigenvalue weighted by atomic mass is 10.1. The third kappa shape index (κ3) is 6.77. The Hall–Kier alpha value is -4.31. The van der Waals surface area contributed by atoms with Crippen LogP contribution in [0.15, 0.2) is 65.8 Å². The quantitative estimate of drug-likeness (QED) is 0.274. The van der Waals surface area contributed by atoms with Gasteiger partial charge in [-0.15, -0.1) is 10.2 Å². The maximum atomic E-state index is 13.0. The lowest BCUT2D eigenvalue weighted by molar-refractivity contribution is -0.113. The lowest BCUT2D eigenvalue weighted by Gasteiger charge is -2.15. The van der Waals surface area contributed by atoms with Crippen LogP contribution >= 0.6 is 11.8 Å². The minimum atomic E-state index is -0.311. The number of amides is 2. The molecule has 10 heteroatoms. The van der Waals surface area contributed by atoms with Gasteiger partial charge in [-0.3, -0.25) is 14.2 Å². The number of rotatable bonds is 10. The Morgan fingerprint density at radius 1 is 0.923 bits per heavy atom. The molecule has 0 spiro atoms. The van der Waals surface area contributed by atoms with Gasteiger partial charge in [-0.1, -0.05) is 36.0 Å². The summed E-state index contributed by atoms with van der Waals surface area (Å²) < 4.78 is 12.5. The summed E-state index contributed by atoms with van der Waals surface area (Å²) in [5, 5.41) is 15.1. The normalized spacial score (nSPS) is 10.7. The minimum Gasteiger partial charge on any atom is -0.497 e. The first-order chi connectivity index (χ1) is 18.8. The number of aromatic nitrogens is 3. The Balaban J connectivity index is 1.56. The number of benzene rings is 3. The SMILES string of the molecule is COc1cc(OC)cc(C(=O)NCc2nnc(SCC(=O)Nc3cccc(C)c3)n2-c2cccc(C)c2C)c1. The van der Waals surface area contributed by atoms with Crippen LogP contribution in [-0.4, -0.2) is 46.6 Å². The Morgan fingerprint density at radius 3 is 2.33 bits per heavy atom. The van der Waals surface area contributed by atoms with Crippen LogP contribution in [0, 0.1) is 20.8 Å². The number of thioether (sulfide) groups is 1. The fourth-order valence-electron chi connectivity index (χ4n) is 3.98. The Kier molecular flexibility index (Phi) is 8.88. The highest BCUT2D eigenvalue weighted by Gasteiger charge is 2.19. The summed E-state index contributed by atoms with van der Waals surface area (Å²) in [6.07, 6.45) is 0. The van der Waals surface area contributed by atoms with E-state index in [1.165, 1.54) is 26.0 Å². The van der Waals surface area contributed by atoms with E-state index < -0.39 is 0 Å². The van der Waals surface area contributed by atoms with Gasteiger partial charge in [0.25, 0.3) is 5.91 Å². The number of nitrogens with one attached hydrogen (secondary N) is 2. The highest BCUT2D eigenvalue weighted by Crippen LogP contribution is 2.27. The van der Waals surface area contributed by atoms with Gasteiger partial charge in [-0.05, 0) is 67.8 Å². The largest absolute Gasteiger partial charge is 0.497 e. The van der Waals surface area contributed by atoms with Crippen molar-refractivity contribution in [3.05, 3.63) is 88.7 Å². The summed E-state index contributed by atoms with van der Waals surface area (Å²) >= 11 is 1.28. The van der Waals surface area contributed by atoms with Crippen molar-refractivity contribution >= 4 is 29.3 Å². The van der Waals surface area contributed by atoms with E-state index in [9.17, 15) is 9.59 Å². The summed E-state index contributed by atoms with van der Waals surface area (Å²) in [4.78, 5) is 25.7. The Morgan fingerprint density at radius 2 is 1.64 bits per heavy atom. The van der Waals surface area contributed by atoms with Crippen LogP contribution in [0.3, 0.4) is 0 Å². The molecule has 4 rings (SSSR count). The van der Waals surface area contributed by atoms with Crippen molar-refractivity contribution in [2.75, 3.05) is 25.3 Å². The predicted octanol–water partition coefficient (Wildman–Crippen LogP) is 4.87. The first kappa shape index (κ1) is 27.7. The van der Waals surface area contributed by atoms with Gasteiger partial charge in [0.1, 0.15) is 11.5 Å². The molecule has 1 heterocycles. The van der Waals surface area contributed by atoms with E-state index in [0.717, 1.165) is 28.1 Å².